The van der Waals surface area contributed by atoms with Gasteiger partial charge in [0.05, 0.1) is 0 Å². The van der Waals surface area contributed by atoms with Gasteiger partial charge in [0.15, 0.2) is 0 Å². The fourth-order valence-electron chi connectivity index (χ4n) is 2.46. The lowest BCUT2D eigenvalue weighted by Crippen LogP contribution is -2.18. The first-order valence-electron chi connectivity index (χ1n) is 6.51. The lowest BCUT2D eigenvalue weighted by Gasteiger charge is -2.14. The van der Waals surface area contributed by atoms with Crippen LogP contribution in [0.25, 0.3) is 0 Å². The van der Waals surface area contributed by atoms with Gasteiger partial charge in [0, 0.05) is 0 Å². The Morgan fingerprint density at radius 3 is 2.71 bits per heavy atom. The van der Waals surface area contributed by atoms with Crippen molar-refractivity contribution >= 4 is 0 Å². The van der Waals surface area contributed by atoms with Gasteiger partial charge in [-0.05, 0) is 45.3 Å². The van der Waals surface area contributed by atoms with E-state index in [1.165, 1.54) is 64.5 Å². The lowest BCUT2D eigenvalue weighted by molar-refractivity contribution is 0.336. The fourth-order valence-corrected chi connectivity index (χ4v) is 2.46. The molecule has 0 aliphatic carbocycles. The zero-order valence-electron chi connectivity index (χ0n) is 10.1. The Kier molecular flexibility index (Phi) is 6.25. The number of likely N-dealkylation sites (tertiary alicyclic amines) is 1. The minimum Gasteiger partial charge on any atom is -0.306 e. The summed E-state index contributed by atoms with van der Waals surface area (Å²) >= 11 is 0. The van der Waals surface area contributed by atoms with Crippen molar-refractivity contribution in [2.45, 2.75) is 58.3 Å². The molecule has 1 fully saturated rings. The summed E-state index contributed by atoms with van der Waals surface area (Å²) in [5, 5.41) is 0. The summed E-state index contributed by atoms with van der Waals surface area (Å²) in [6.45, 7) is 4.95. The summed E-state index contributed by atoms with van der Waals surface area (Å²) in [5.41, 5.74) is 0. The summed E-state index contributed by atoms with van der Waals surface area (Å²) in [4.78, 5) is 2.49. The van der Waals surface area contributed by atoms with Crippen LogP contribution in [0.15, 0.2) is 0 Å². The average molecular weight is 197 g/mol. The van der Waals surface area contributed by atoms with Crippen molar-refractivity contribution < 1.29 is 0 Å². The highest BCUT2D eigenvalue weighted by Gasteiger charge is 2.13. The van der Waals surface area contributed by atoms with Gasteiger partial charge in [-0.2, -0.15) is 0 Å². The van der Waals surface area contributed by atoms with Gasteiger partial charge in [0.2, 0.25) is 0 Å². The molecular weight excluding hydrogens is 170 g/mol. The molecule has 0 saturated carbocycles. The SMILES string of the molecule is CCCCCCC1CCCN(C)CC1. The summed E-state index contributed by atoms with van der Waals surface area (Å²) in [5.74, 6) is 1.04. The van der Waals surface area contributed by atoms with Crippen molar-refractivity contribution in [1.82, 2.24) is 4.90 Å². The Balaban J connectivity index is 2.05. The minimum absolute atomic E-state index is 1.04. The Morgan fingerprint density at radius 1 is 1.07 bits per heavy atom. The summed E-state index contributed by atoms with van der Waals surface area (Å²) in [7, 11) is 2.26. The molecule has 0 spiro atoms. The molecule has 1 rings (SSSR count). The van der Waals surface area contributed by atoms with E-state index in [2.05, 4.69) is 18.9 Å². The number of nitrogens with zero attached hydrogens (tertiary/aromatic N) is 1. The van der Waals surface area contributed by atoms with E-state index in [9.17, 15) is 0 Å². The highest BCUT2D eigenvalue weighted by molar-refractivity contribution is 4.67. The van der Waals surface area contributed by atoms with E-state index < -0.39 is 0 Å². The van der Waals surface area contributed by atoms with E-state index >= 15 is 0 Å². The quantitative estimate of drug-likeness (QED) is 0.608. The third-order valence-corrected chi connectivity index (χ3v) is 3.54. The molecule has 0 aromatic rings. The predicted octanol–water partition coefficient (Wildman–Crippen LogP) is 3.69. The van der Waals surface area contributed by atoms with Gasteiger partial charge < -0.3 is 4.90 Å². The van der Waals surface area contributed by atoms with Gasteiger partial charge in [-0.3, -0.25) is 0 Å². The lowest BCUT2D eigenvalue weighted by atomic mass is 9.94. The largest absolute Gasteiger partial charge is 0.306 e. The summed E-state index contributed by atoms with van der Waals surface area (Å²) in [6, 6.07) is 0. The van der Waals surface area contributed by atoms with Crippen molar-refractivity contribution in [3.63, 3.8) is 0 Å². The molecule has 1 heterocycles. The molecule has 1 heteroatoms. The number of hydrogen-bond acceptors (Lipinski definition) is 1. The van der Waals surface area contributed by atoms with Crippen LogP contribution in [-0.4, -0.2) is 25.0 Å². The first-order chi connectivity index (χ1) is 6.83. The fraction of sp³-hybridized carbons (Fsp3) is 1.00. The highest BCUT2D eigenvalue weighted by atomic mass is 15.1. The molecule has 1 saturated heterocycles. The monoisotopic (exact) mass is 197 g/mol. The average Bonchev–Trinajstić information content (AvgIpc) is 2.38. The van der Waals surface area contributed by atoms with E-state index in [0.29, 0.717) is 0 Å². The van der Waals surface area contributed by atoms with Crippen LogP contribution in [0.3, 0.4) is 0 Å². The maximum absolute atomic E-state index is 2.49. The molecule has 14 heavy (non-hydrogen) atoms. The zero-order chi connectivity index (χ0) is 10.2. The van der Waals surface area contributed by atoms with Crippen LogP contribution in [0, 0.1) is 5.92 Å². The molecule has 1 aliphatic heterocycles. The van der Waals surface area contributed by atoms with Crippen LogP contribution < -0.4 is 0 Å². The standard InChI is InChI=1S/C13H27N/c1-3-4-5-6-8-13-9-7-11-14(2)12-10-13/h13H,3-12H2,1-2H3. The number of rotatable bonds is 5. The van der Waals surface area contributed by atoms with Crippen LogP contribution in [0.5, 0.6) is 0 Å². The van der Waals surface area contributed by atoms with Crippen molar-refractivity contribution in [3.05, 3.63) is 0 Å². The van der Waals surface area contributed by atoms with Gasteiger partial charge in [-0.15, -0.1) is 0 Å². The maximum atomic E-state index is 2.49. The molecule has 0 radical (unpaired) electrons. The third kappa shape index (κ3) is 4.99. The van der Waals surface area contributed by atoms with Crippen LogP contribution >= 0.6 is 0 Å². The van der Waals surface area contributed by atoms with Crippen molar-refractivity contribution in [1.29, 1.82) is 0 Å². The second-order valence-corrected chi connectivity index (χ2v) is 4.95. The zero-order valence-corrected chi connectivity index (χ0v) is 10.1. The van der Waals surface area contributed by atoms with E-state index in [1.807, 2.05) is 0 Å². The van der Waals surface area contributed by atoms with E-state index in [4.69, 9.17) is 0 Å². The topological polar surface area (TPSA) is 3.24 Å². The normalized spacial score (nSPS) is 24.9. The van der Waals surface area contributed by atoms with E-state index in [-0.39, 0.29) is 0 Å². The van der Waals surface area contributed by atoms with E-state index in [1.54, 1.807) is 0 Å². The van der Waals surface area contributed by atoms with Crippen LogP contribution in [0.4, 0.5) is 0 Å². The van der Waals surface area contributed by atoms with E-state index in [0.717, 1.165) is 5.92 Å². The van der Waals surface area contributed by atoms with Crippen molar-refractivity contribution in [2.75, 3.05) is 20.1 Å². The second-order valence-electron chi connectivity index (χ2n) is 4.95. The minimum atomic E-state index is 1.04. The smallest absolute Gasteiger partial charge is 0.00191 e. The summed E-state index contributed by atoms with van der Waals surface area (Å²) in [6.07, 6.45) is 11.6. The molecule has 1 nitrogen and oxygen atoms in total. The molecule has 1 aliphatic rings. The molecule has 1 atom stereocenters. The Bertz CT molecular complexity index is 133. The maximum Gasteiger partial charge on any atom is -0.00191 e. The Labute approximate surface area is 89.9 Å². The summed E-state index contributed by atoms with van der Waals surface area (Å²) < 4.78 is 0. The second kappa shape index (κ2) is 7.28. The molecular formula is C13H27N. The van der Waals surface area contributed by atoms with Crippen LogP contribution in [0.1, 0.15) is 58.3 Å². The van der Waals surface area contributed by atoms with Gasteiger partial charge in [-0.1, -0.05) is 39.0 Å². The molecule has 0 aromatic heterocycles. The highest BCUT2D eigenvalue weighted by Crippen LogP contribution is 2.22. The Morgan fingerprint density at radius 2 is 1.93 bits per heavy atom. The van der Waals surface area contributed by atoms with Crippen molar-refractivity contribution in [2.24, 2.45) is 5.92 Å². The molecule has 0 N–H and O–H groups in total. The molecule has 0 aromatic carbocycles. The van der Waals surface area contributed by atoms with Gasteiger partial charge >= 0.3 is 0 Å². The van der Waals surface area contributed by atoms with Crippen LogP contribution in [0.2, 0.25) is 0 Å². The number of hydrogen-bond donors (Lipinski definition) is 0. The Hall–Kier alpha value is -0.0400. The molecule has 0 amide bonds. The molecule has 84 valence electrons. The molecule has 1 unspecified atom stereocenters. The molecule has 0 bridgehead atoms. The third-order valence-electron chi connectivity index (χ3n) is 3.54. The predicted molar refractivity (Wildman–Crippen MR) is 63.6 cm³/mol. The first-order valence-corrected chi connectivity index (χ1v) is 6.51. The first kappa shape index (κ1) is 12.0. The van der Waals surface area contributed by atoms with Gasteiger partial charge in [0.25, 0.3) is 0 Å². The van der Waals surface area contributed by atoms with Crippen molar-refractivity contribution in [3.8, 4) is 0 Å². The number of unbranched alkanes of at least 4 members (excludes halogenated alkanes) is 3. The van der Waals surface area contributed by atoms with Crippen LogP contribution in [-0.2, 0) is 0 Å². The van der Waals surface area contributed by atoms with Gasteiger partial charge in [-0.25, -0.2) is 0 Å². The van der Waals surface area contributed by atoms with Gasteiger partial charge in [0.1, 0.15) is 0 Å².